The van der Waals surface area contributed by atoms with Crippen LogP contribution in [0.2, 0.25) is 0 Å². The van der Waals surface area contributed by atoms with Crippen molar-refractivity contribution >= 4 is 16.8 Å². The number of allylic oxidation sites excluding steroid dienone is 1. The summed E-state index contributed by atoms with van der Waals surface area (Å²) in [5, 5.41) is 26.0. The standard InChI is InChI=1S/C24H20N2O4/c1-16-21(13-17-7-3-2-4-8-17)15-22(25(27)28)23(24(16)26(29)30)20-12-11-18-9-5-6-10-19(18)14-20/h2-14,22-23H,15H2,1H3/b21-13-. The Morgan fingerprint density at radius 1 is 0.900 bits per heavy atom. The molecule has 2 atom stereocenters. The highest BCUT2D eigenvalue weighted by Gasteiger charge is 2.47. The number of hydrogen-bond donors (Lipinski definition) is 0. The number of rotatable bonds is 4. The van der Waals surface area contributed by atoms with Gasteiger partial charge in [-0.3, -0.25) is 20.2 Å². The Hall–Kier alpha value is -3.80. The van der Waals surface area contributed by atoms with Crippen LogP contribution in [0.15, 0.2) is 89.6 Å². The monoisotopic (exact) mass is 400 g/mol. The van der Waals surface area contributed by atoms with Crippen LogP contribution >= 0.6 is 0 Å². The zero-order chi connectivity index (χ0) is 21.3. The average molecular weight is 400 g/mol. The van der Waals surface area contributed by atoms with Gasteiger partial charge in [0.25, 0.3) is 5.70 Å². The van der Waals surface area contributed by atoms with Crippen molar-refractivity contribution < 1.29 is 9.85 Å². The molecule has 0 heterocycles. The van der Waals surface area contributed by atoms with Gasteiger partial charge in [0.1, 0.15) is 5.92 Å². The molecule has 150 valence electrons. The third-order valence-electron chi connectivity index (χ3n) is 5.71. The van der Waals surface area contributed by atoms with Gasteiger partial charge in [-0.1, -0.05) is 78.9 Å². The maximum atomic E-state index is 12.1. The van der Waals surface area contributed by atoms with Crippen LogP contribution in [-0.2, 0) is 0 Å². The molecule has 0 amide bonds. The second kappa shape index (κ2) is 7.91. The molecule has 0 spiro atoms. The summed E-state index contributed by atoms with van der Waals surface area (Å²) in [5.41, 5.74) is 2.49. The number of nitro groups is 2. The third kappa shape index (κ3) is 3.59. The molecule has 0 N–H and O–H groups in total. The van der Waals surface area contributed by atoms with Crippen LogP contribution in [0, 0.1) is 20.2 Å². The number of benzene rings is 3. The lowest BCUT2D eigenvalue weighted by atomic mass is 9.76. The van der Waals surface area contributed by atoms with E-state index < -0.39 is 16.9 Å². The van der Waals surface area contributed by atoms with E-state index in [2.05, 4.69) is 0 Å². The molecule has 4 rings (SSSR count). The van der Waals surface area contributed by atoms with Gasteiger partial charge < -0.3 is 0 Å². The van der Waals surface area contributed by atoms with Crippen molar-refractivity contribution in [1.82, 2.24) is 0 Å². The molecule has 0 aromatic heterocycles. The Balaban J connectivity index is 1.90. The highest BCUT2D eigenvalue weighted by atomic mass is 16.6. The minimum atomic E-state index is -1.11. The van der Waals surface area contributed by atoms with Crippen LogP contribution in [0.25, 0.3) is 16.8 Å². The molecule has 0 fully saturated rings. The van der Waals surface area contributed by atoms with Crippen LogP contribution in [-0.4, -0.2) is 15.9 Å². The van der Waals surface area contributed by atoms with E-state index in [1.54, 1.807) is 13.0 Å². The summed E-state index contributed by atoms with van der Waals surface area (Å²) < 4.78 is 0. The van der Waals surface area contributed by atoms with Crippen molar-refractivity contribution in [3.8, 4) is 0 Å². The molecule has 1 aliphatic rings. The van der Waals surface area contributed by atoms with Gasteiger partial charge in [0, 0.05) is 16.9 Å². The van der Waals surface area contributed by atoms with E-state index in [1.165, 1.54) is 0 Å². The number of nitrogens with zero attached hydrogens (tertiary/aromatic N) is 2. The number of fused-ring (bicyclic) bond motifs is 1. The predicted octanol–water partition coefficient (Wildman–Crippen LogP) is 5.61. The first kappa shape index (κ1) is 19.5. The van der Waals surface area contributed by atoms with E-state index in [-0.39, 0.29) is 17.0 Å². The molecule has 0 radical (unpaired) electrons. The molecule has 3 aromatic carbocycles. The maximum Gasteiger partial charge on any atom is 0.263 e. The smallest absolute Gasteiger partial charge is 0.263 e. The molecule has 0 aliphatic heterocycles. The SMILES string of the molecule is CC1=C([N+](=O)[O-])C(c2ccc3ccccc3c2)C([N+](=O)[O-])C/C1=C/c1ccccc1. The van der Waals surface area contributed by atoms with Crippen molar-refractivity contribution in [2.75, 3.05) is 0 Å². The minimum absolute atomic E-state index is 0.0968. The van der Waals surface area contributed by atoms with Crippen LogP contribution in [0.1, 0.15) is 30.4 Å². The van der Waals surface area contributed by atoms with Gasteiger partial charge in [-0.2, -0.15) is 0 Å². The van der Waals surface area contributed by atoms with Crippen molar-refractivity contribution in [3.05, 3.63) is 121 Å². The van der Waals surface area contributed by atoms with Crippen molar-refractivity contribution in [2.24, 2.45) is 0 Å². The fraction of sp³-hybridized carbons (Fsp3) is 0.167. The van der Waals surface area contributed by atoms with Crippen LogP contribution in [0.5, 0.6) is 0 Å². The summed E-state index contributed by atoms with van der Waals surface area (Å²) in [5.74, 6) is -0.910. The summed E-state index contributed by atoms with van der Waals surface area (Å²) in [6, 6.07) is 21.4. The summed E-state index contributed by atoms with van der Waals surface area (Å²) in [6.45, 7) is 1.69. The molecular weight excluding hydrogens is 380 g/mol. The van der Waals surface area contributed by atoms with Crippen molar-refractivity contribution in [2.45, 2.75) is 25.3 Å². The lowest BCUT2D eigenvalue weighted by Gasteiger charge is -2.27. The van der Waals surface area contributed by atoms with Crippen LogP contribution < -0.4 is 0 Å². The molecule has 2 unspecified atom stereocenters. The Bertz CT molecular complexity index is 1200. The zero-order valence-corrected chi connectivity index (χ0v) is 16.4. The fourth-order valence-corrected chi connectivity index (χ4v) is 4.22. The number of hydrogen-bond acceptors (Lipinski definition) is 4. The van der Waals surface area contributed by atoms with Crippen molar-refractivity contribution in [1.29, 1.82) is 0 Å². The molecule has 6 heteroatoms. The third-order valence-corrected chi connectivity index (χ3v) is 5.71. The second-order valence-electron chi connectivity index (χ2n) is 7.49. The van der Waals surface area contributed by atoms with Crippen molar-refractivity contribution in [3.63, 3.8) is 0 Å². The highest BCUT2D eigenvalue weighted by molar-refractivity contribution is 5.83. The van der Waals surface area contributed by atoms with Gasteiger partial charge >= 0.3 is 0 Å². The Labute approximate surface area is 173 Å². The first-order valence-corrected chi connectivity index (χ1v) is 9.69. The molecule has 3 aromatic rings. The van der Waals surface area contributed by atoms with Gasteiger partial charge in [-0.15, -0.1) is 0 Å². The Morgan fingerprint density at radius 3 is 2.23 bits per heavy atom. The van der Waals surface area contributed by atoms with Gasteiger partial charge in [-0.05, 0) is 34.4 Å². The second-order valence-corrected chi connectivity index (χ2v) is 7.49. The first-order valence-electron chi connectivity index (χ1n) is 9.69. The van der Waals surface area contributed by atoms with E-state index in [9.17, 15) is 20.2 Å². The first-order chi connectivity index (χ1) is 14.5. The molecule has 0 bridgehead atoms. The summed E-state index contributed by atoms with van der Waals surface area (Å²) in [6.07, 6.45) is 1.95. The molecule has 0 saturated heterocycles. The Morgan fingerprint density at radius 2 is 1.57 bits per heavy atom. The molecule has 0 saturated carbocycles. The van der Waals surface area contributed by atoms with E-state index in [4.69, 9.17) is 0 Å². The highest BCUT2D eigenvalue weighted by Crippen LogP contribution is 2.43. The lowest BCUT2D eigenvalue weighted by molar-refractivity contribution is -0.535. The molecular formula is C24H20N2O4. The van der Waals surface area contributed by atoms with E-state index >= 15 is 0 Å². The topological polar surface area (TPSA) is 86.3 Å². The average Bonchev–Trinajstić information content (AvgIpc) is 2.74. The van der Waals surface area contributed by atoms with Crippen LogP contribution in [0.3, 0.4) is 0 Å². The molecule has 30 heavy (non-hydrogen) atoms. The maximum absolute atomic E-state index is 12.1. The lowest BCUT2D eigenvalue weighted by Crippen LogP contribution is -2.35. The van der Waals surface area contributed by atoms with Gasteiger partial charge in [0.15, 0.2) is 0 Å². The quantitative estimate of drug-likeness (QED) is 0.421. The minimum Gasteiger partial charge on any atom is -0.264 e. The van der Waals surface area contributed by atoms with Gasteiger partial charge in [0.2, 0.25) is 6.04 Å². The van der Waals surface area contributed by atoms with E-state index in [0.29, 0.717) is 16.7 Å². The summed E-state index contributed by atoms with van der Waals surface area (Å²) in [7, 11) is 0. The summed E-state index contributed by atoms with van der Waals surface area (Å²) in [4.78, 5) is 23.2. The van der Waals surface area contributed by atoms with Crippen LogP contribution in [0.4, 0.5) is 0 Å². The normalized spacial score (nSPS) is 20.5. The van der Waals surface area contributed by atoms with E-state index in [0.717, 1.165) is 16.3 Å². The van der Waals surface area contributed by atoms with Gasteiger partial charge in [-0.25, -0.2) is 0 Å². The predicted molar refractivity (Wildman–Crippen MR) is 116 cm³/mol. The van der Waals surface area contributed by atoms with E-state index in [1.807, 2.05) is 72.8 Å². The van der Waals surface area contributed by atoms with Gasteiger partial charge in [0.05, 0.1) is 4.92 Å². The summed E-state index contributed by atoms with van der Waals surface area (Å²) >= 11 is 0. The molecule has 6 nitrogen and oxygen atoms in total. The zero-order valence-electron chi connectivity index (χ0n) is 16.4. The largest absolute Gasteiger partial charge is 0.264 e. The molecule has 1 aliphatic carbocycles. The Kier molecular flexibility index (Phi) is 5.14. The fourth-order valence-electron chi connectivity index (χ4n) is 4.22.